The quantitative estimate of drug-likeness (QED) is 0.602. The minimum Gasteiger partial charge on any atom is -0.385 e. The summed E-state index contributed by atoms with van der Waals surface area (Å²) in [5.41, 5.74) is 1.72. The summed E-state index contributed by atoms with van der Waals surface area (Å²) < 4.78 is 5.10. The first-order valence-corrected chi connectivity index (χ1v) is 10.6. The molecule has 1 aromatic rings. The van der Waals surface area contributed by atoms with E-state index in [1.165, 1.54) is 4.90 Å². The van der Waals surface area contributed by atoms with Crippen LogP contribution in [0.3, 0.4) is 0 Å². The zero-order valence-electron chi connectivity index (χ0n) is 16.9. The molecule has 1 aromatic carbocycles. The molecule has 3 fully saturated rings. The Bertz CT molecular complexity index is 900. The molecule has 0 unspecified atom stereocenters. The summed E-state index contributed by atoms with van der Waals surface area (Å²) in [5, 5.41) is 3.09. The van der Waals surface area contributed by atoms with Crippen molar-refractivity contribution in [3.8, 4) is 0 Å². The number of methoxy groups -OCH3 is 1. The third-order valence-electron chi connectivity index (χ3n) is 7.32. The normalized spacial score (nSPS) is 32.8. The lowest BCUT2D eigenvalue weighted by atomic mass is 9.75. The standard InChI is InChI=1S/C22H27N3O4/c1-3-13-7-4-8-14-18(13)23-21(28)22(14)17-16(15-9-5-11-25(15)22)19(26)24(20(17)27)10-6-12-29-2/h4,7-8,15-17H,3,5-6,9-12H2,1-2H3,(H,23,28)/t15-,16-,17+,22-/m1/s1. The van der Waals surface area contributed by atoms with Gasteiger partial charge in [-0.2, -0.15) is 0 Å². The fourth-order valence-electron chi connectivity index (χ4n) is 6.23. The number of nitrogens with one attached hydrogen (secondary N) is 1. The number of carbonyl (C=O) groups is 3. The van der Waals surface area contributed by atoms with Gasteiger partial charge in [0.2, 0.25) is 17.7 Å². The number of nitrogens with zero attached hydrogens (tertiary/aromatic N) is 2. The Morgan fingerprint density at radius 3 is 2.83 bits per heavy atom. The van der Waals surface area contributed by atoms with Crippen molar-refractivity contribution in [2.75, 3.05) is 32.1 Å². The van der Waals surface area contributed by atoms with Crippen LogP contribution in [-0.2, 0) is 31.1 Å². The van der Waals surface area contributed by atoms with Crippen LogP contribution in [-0.4, -0.2) is 60.4 Å². The molecule has 29 heavy (non-hydrogen) atoms. The minimum absolute atomic E-state index is 0.0501. The van der Waals surface area contributed by atoms with Gasteiger partial charge < -0.3 is 10.1 Å². The van der Waals surface area contributed by atoms with Gasteiger partial charge in [-0.15, -0.1) is 0 Å². The first kappa shape index (κ1) is 18.8. The second-order valence-electron chi connectivity index (χ2n) is 8.49. The smallest absolute Gasteiger partial charge is 0.250 e. The SMILES string of the molecule is CCc1cccc2c1NC(=O)[C@]21[C@@H]2C(=O)N(CCCOC)C(=O)[C@@H]2[C@H]2CCCN21. The van der Waals surface area contributed by atoms with Gasteiger partial charge in [-0.3, -0.25) is 24.2 Å². The van der Waals surface area contributed by atoms with E-state index in [1.807, 2.05) is 18.2 Å². The lowest BCUT2D eigenvalue weighted by Gasteiger charge is -2.36. The fourth-order valence-corrected chi connectivity index (χ4v) is 6.23. The molecule has 0 radical (unpaired) electrons. The van der Waals surface area contributed by atoms with E-state index in [4.69, 9.17) is 4.74 Å². The molecule has 4 heterocycles. The monoisotopic (exact) mass is 397 g/mol. The van der Waals surface area contributed by atoms with Crippen molar-refractivity contribution in [2.45, 2.75) is 44.2 Å². The summed E-state index contributed by atoms with van der Waals surface area (Å²) in [5.74, 6) is -1.54. The summed E-state index contributed by atoms with van der Waals surface area (Å²) >= 11 is 0. The maximum Gasteiger partial charge on any atom is 0.250 e. The van der Waals surface area contributed by atoms with Crippen molar-refractivity contribution in [2.24, 2.45) is 11.8 Å². The van der Waals surface area contributed by atoms with E-state index in [-0.39, 0.29) is 23.8 Å². The maximum absolute atomic E-state index is 13.6. The van der Waals surface area contributed by atoms with Gasteiger partial charge in [0.25, 0.3) is 0 Å². The van der Waals surface area contributed by atoms with E-state index in [0.717, 1.165) is 42.6 Å². The van der Waals surface area contributed by atoms with Crippen molar-refractivity contribution < 1.29 is 19.1 Å². The molecule has 5 rings (SSSR count). The van der Waals surface area contributed by atoms with Gasteiger partial charge in [-0.1, -0.05) is 25.1 Å². The number of imide groups is 1. The van der Waals surface area contributed by atoms with Gasteiger partial charge >= 0.3 is 0 Å². The fraction of sp³-hybridized carbons (Fsp3) is 0.591. The highest BCUT2D eigenvalue weighted by atomic mass is 16.5. The van der Waals surface area contributed by atoms with Gasteiger partial charge in [0.1, 0.15) is 5.54 Å². The van der Waals surface area contributed by atoms with Crippen LogP contribution in [0.15, 0.2) is 18.2 Å². The molecule has 1 spiro atoms. The number of benzene rings is 1. The first-order chi connectivity index (χ1) is 14.1. The number of amides is 3. The first-order valence-electron chi connectivity index (χ1n) is 10.6. The largest absolute Gasteiger partial charge is 0.385 e. The van der Waals surface area contributed by atoms with Crippen LogP contribution < -0.4 is 5.32 Å². The summed E-state index contributed by atoms with van der Waals surface area (Å²) in [6.07, 6.45) is 3.20. The average Bonchev–Trinajstić information content (AvgIpc) is 3.42. The van der Waals surface area contributed by atoms with Crippen molar-refractivity contribution in [1.29, 1.82) is 0 Å². The maximum atomic E-state index is 13.6. The third-order valence-corrected chi connectivity index (χ3v) is 7.32. The summed E-state index contributed by atoms with van der Waals surface area (Å²) in [7, 11) is 1.61. The molecule has 4 aliphatic rings. The summed E-state index contributed by atoms with van der Waals surface area (Å²) in [6, 6.07) is 5.90. The van der Waals surface area contributed by atoms with Crippen molar-refractivity contribution in [1.82, 2.24) is 9.80 Å². The molecule has 1 N–H and O–H groups in total. The minimum atomic E-state index is -1.06. The highest BCUT2D eigenvalue weighted by Crippen LogP contribution is 2.60. The molecule has 3 amide bonds. The molecule has 7 heteroatoms. The molecular formula is C22H27N3O4. The van der Waals surface area contributed by atoms with Gasteiger partial charge in [0, 0.05) is 37.6 Å². The number of likely N-dealkylation sites (tertiary alicyclic amines) is 1. The number of para-hydroxylation sites is 1. The lowest BCUT2D eigenvalue weighted by Crippen LogP contribution is -2.54. The Morgan fingerprint density at radius 1 is 1.24 bits per heavy atom. The Labute approximate surface area is 170 Å². The van der Waals surface area contributed by atoms with E-state index >= 15 is 0 Å². The average molecular weight is 397 g/mol. The Kier molecular flexibility index (Phi) is 4.29. The van der Waals surface area contributed by atoms with E-state index in [9.17, 15) is 14.4 Å². The number of aryl methyl sites for hydroxylation is 1. The number of rotatable bonds is 5. The summed E-state index contributed by atoms with van der Waals surface area (Å²) in [4.78, 5) is 44.0. The third kappa shape index (κ3) is 2.23. The van der Waals surface area contributed by atoms with Crippen LogP contribution in [0.2, 0.25) is 0 Å². The zero-order valence-corrected chi connectivity index (χ0v) is 16.9. The number of hydrogen-bond donors (Lipinski definition) is 1. The zero-order chi connectivity index (χ0) is 20.3. The van der Waals surface area contributed by atoms with Crippen LogP contribution in [0.5, 0.6) is 0 Å². The molecule has 0 aliphatic carbocycles. The molecule has 154 valence electrons. The lowest BCUT2D eigenvalue weighted by molar-refractivity contribution is -0.145. The van der Waals surface area contributed by atoms with Gasteiger partial charge in [0.05, 0.1) is 11.8 Å². The van der Waals surface area contributed by atoms with Gasteiger partial charge in [-0.05, 0) is 37.8 Å². The topological polar surface area (TPSA) is 79.0 Å². The number of anilines is 1. The van der Waals surface area contributed by atoms with Gasteiger partial charge in [0.15, 0.2) is 0 Å². The second-order valence-corrected chi connectivity index (χ2v) is 8.49. The van der Waals surface area contributed by atoms with E-state index in [2.05, 4.69) is 17.1 Å². The van der Waals surface area contributed by atoms with Gasteiger partial charge in [-0.25, -0.2) is 0 Å². The van der Waals surface area contributed by atoms with Crippen LogP contribution in [0.1, 0.15) is 37.3 Å². The molecule has 0 aromatic heterocycles. The number of hydrogen-bond acceptors (Lipinski definition) is 5. The Hall–Kier alpha value is -2.25. The Morgan fingerprint density at radius 2 is 2.07 bits per heavy atom. The number of ether oxygens (including phenoxy) is 1. The predicted molar refractivity (Wildman–Crippen MR) is 106 cm³/mol. The van der Waals surface area contributed by atoms with Crippen molar-refractivity contribution in [3.63, 3.8) is 0 Å². The molecule has 0 saturated carbocycles. The molecular weight excluding hydrogens is 370 g/mol. The van der Waals surface area contributed by atoms with Crippen molar-refractivity contribution in [3.05, 3.63) is 29.3 Å². The molecule has 0 bridgehead atoms. The molecule has 4 aliphatic heterocycles. The van der Waals surface area contributed by atoms with E-state index in [0.29, 0.717) is 19.6 Å². The molecule has 7 nitrogen and oxygen atoms in total. The Balaban J connectivity index is 1.64. The van der Waals surface area contributed by atoms with Crippen LogP contribution >= 0.6 is 0 Å². The predicted octanol–water partition coefficient (Wildman–Crippen LogP) is 1.51. The molecule has 4 atom stereocenters. The number of fused-ring (bicyclic) bond motifs is 7. The van der Waals surface area contributed by atoms with E-state index in [1.54, 1.807) is 7.11 Å². The highest BCUT2D eigenvalue weighted by Gasteiger charge is 2.74. The van der Waals surface area contributed by atoms with Crippen LogP contribution in [0.4, 0.5) is 5.69 Å². The number of carbonyl (C=O) groups excluding carboxylic acids is 3. The molecule has 3 saturated heterocycles. The summed E-state index contributed by atoms with van der Waals surface area (Å²) in [6.45, 7) is 3.65. The second kappa shape index (κ2) is 6.64. The van der Waals surface area contributed by atoms with Crippen LogP contribution in [0.25, 0.3) is 0 Å². The van der Waals surface area contributed by atoms with Crippen molar-refractivity contribution >= 4 is 23.4 Å². The highest BCUT2D eigenvalue weighted by molar-refractivity contribution is 6.15. The van der Waals surface area contributed by atoms with Crippen LogP contribution in [0, 0.1) is 11.8 Å². The van der Waals surface area contributed by atoms with E-state index < -0.39 is 17.4 Å².